The molecular formula is C15H24N4. The summed E-state index contributed by atoms with van der Waals surface area (Å²) in [6.45, 7) is 8.58. The molecule has 2 aromatic heterocycles. The standard InChI is InChI=1S/C15H24N4/c1-13(2)10-16-7-9-18(3)12-14-11-17-19-8-5-4-6-15(14)19/h4-6,8,11,13,16H,7,9-10,12H2,1-3H3. The fourth-order valence-corrected chi connectivity index (χ4v) is 2.14. The summed E-state index contributed by atoms with van der Waals surface area (Å²) in [7, 11) is 2.16. The van der Waals surface area contributed by atoms with E-state index >= 15 is 0 Å². The number of nitrogens with one attached hydrogen (secondary N) is 1. The summed E-state index contributed by atoms with van der Waals surface area (Å²) < 4.78 is 1.93. The maximum Gasteiger partial charge on any atom is 0.0706 e. The zero-order valence-electron chi connectivity index (χ0n) is 12.1. The third-order valence-corrected chi connectivity index (χ3v) is 3.17. The molecule has 0 amide bonds. The summed E-state index contributed by atoms with van der Waals surface area (Å²) in [5.41, 5.74) is 2.48. The van der Waals surface area contributed by atoms with Crippen molar-refractivity contribution in [3.63, 3.8) is 0 Å². The number of likely N-dealkylation sites (N-methyl/N-ethyl adjacent to an activating group) is 1. The maximum atomic E-state index is 4.37. The molecule has 0 atom stereocenters. The number of aromatic nitrogens is 2. The van der Waals surface area contributed by atoms with E-state index in [0.29, 0.717) is 5.92 Å². The molecule has 0 unspecified atom stereocenters. The van der Waals surface area contributed by atoms with Crippen LogP contribution in [0.1, 0.15) is 19.4 Å². The predicted octanol–water partition coefficient (Wildman–Crippen LogP) is 2.01. The van der Waals surface area contributed by atoms with E-state index in [9.17, 15) is 0 Å². The molecule has 4 nitrogen and oxygen atoms in total. The molecule has 0 fully saturated rings. The molecule has 19 heavy (non-hydrogen) atoms. The van der Waals surface area contributed by atoms with E-state index < -0.39 is 0 Å². The Morgan fingerprint density at radius 3 is 3.00 bits per heavy atom. The van der Waals surface area contributed by atoms with Crippen LogP contribution in [0.5, 0.6) is 0 Å². The first-order valence-electron chi connectivity index (χ1n) is 6.97. The second-order valence-corrected chi connectivity index (χ2v) is 5.54. The summed E-state index contributed by atoms with van der Waals surface area (Å²) in [5, 5.41) is 7.84. The summed E-state index contributed by atoms with van der Waals surface area (Å²) in [6.07, 6.45) is 3.95. The molecule has 2 aromatic rings. The third kappa shape index (κ3) is 4.04. The second-order valence-electron chi connectivity index (χ2n) is 5.54. The third-order valence-electron chi connectivity index (χ3n) is 3.17. The lowest BCUT2D eigenvalue weighted by atomic mass is 10.2. The van der Waals surface area contributed by atoms with E-state index in [1.165, 1.54) is 11.1 Å². The first kappa shape index (κ1) is 14.0. The van der Waals surface area contributed by atoms with Gasteiger partial charge in [0.05, 0.1) is 11.7 Å². The van der Waals surface area contributed by atoms with Gasteiger partial charge in [0.15, 0.2) is 0 Å². The Kier molecular flexibility index (Phi) is 4.93. The van der Waals surface area contributed by atoms with E-state index in [0.717, 1.165) is 26.2 Å². The largest absolute Gasteiger partial charge is 0.315 e. The van der Waals surface area contributed by atoms with Crippen LogP contribution in [0.4, 0.5) is 0 Å². The smallest absolute Gasteiger partial charge is 0.0706 e. The average Bonchev–Trinajstić information content (AvgIpc) is 2.78. The summed E-state index contributed by atoms with van der Waals surface area (Å²) >= 11 is 0. The number of pyridine rings is 1. The number of fused-ring (bicyclic) bond motifs is 1. The van der Waals surface area contributed by atoms with Crippen molar-refractivity contribution in [2.75, 3.05) is 26.7 Å². The Morgan fingerprint density at radius 2 is 2.21 bits per heavy atom. The van der Waals surface area contributed by atoms with Crippen molar-refractivity contribution in [2.45, 2.75) is 20.4 Å². The first-order chi connectivity index (χ1) is 9.16. The molecule has 0 aromatic carbocycles. The van der Waals surface area contributed by atoms with Gasteiger partial charge in [0, 0.05) is 31.4 Å². The van der Waals surface area contributed by atoms with Gasteiger partial charge in [-0.05, 0) is 31.6 Å². The lowest BCUT2D eigenvalue weighted by molar-refractivity contribution is 0.322. The van der Waals surface area contributed by atoms with Crippen LogP contribution in [0.15, 0.2) is 30.6 Å². The van der Waals surface area contributed by atoms with Gasteiger partial charge in [-0.3, -0.25) is 0 Å². The monoisotopic (exact) mass is 260 g/mol. The first-order valence-corrected chi connectivity index (χ1v) is 6.97. The van der Waals surface area contributed by atoms with Crippen LogP contribution in [-0.2, 0) is 6.54 Å². The van der Waals surface area contributed by atoms with Crippen LogP contribution in [0.2, 0.25) is 0 Å². The normalized spacial score (nSPS) is 11.8. The Hall–Kier alpha value is -1.39. The minimum Gasteiger partial charge on any atom is -0.315 e. The van der Waals surface area contributed by atoms with Gasteiger partial charge < -0.3 is 10.2 Å². The van der Waals surface area contributed by atoms with Crippen molar-refractivity contribution >= 4 is 5.52 Å². The Labute approximate surface area is 115 Å². The van der Waals surface area contributed by atoms with Crippen LogP contribution in [0, 0.1) is 5.92 Å². The summed E-state index contributed by atoms with van der Waals surface area (Å²) in [4.78, 5) is 2.33. The number of hydrogen-bond donors (Lipinski definition) is 1. The highest BCUT2D eigenvalue weighted by Crippen LogP contribution is 2.11. The lowest BCUT2D eigenvalue weighted by Crippen LogP contribution is -2.30. The van der Waals surface area contributed by atoms with Gasteiger partial charge in [-0.2, -0.15) is 5.10 Å². The quantitative estimate of drug-likeness (QED) is 0.773. The number of hydrogen-bond acceptors (Lipinski definition) is 3. The van der Waals surface area contributed by atoms with Gasteiger partial charge in [-0.1, -0.05) is 19.9 Å². The van der Waals surface area contributed by atoms with Crippen LogP contribution in [0.25, 0.3) is 5.52 Å². The highest BCUT2D eigenvalue weighted by molar-refractivity contribution is 5.53. The Morgan fingerprint density at radius 1 is 1.37 bits per heavy atom. The zero-order valence-corrected chi connectivity index (χ0v) is 12.1. The molecule has 104 valence electrons. The lowest BCUT2D eigenvalue weighted by Gasteiger charge is -2.16. The molecule has 0 aliphatic carbocycles. The average molecular weight is 260 g/mol. The van der Waals surface area contributed by atoms with Crippen molar-refractivity contribution in [3.05, 3.63) is 36.2 Å². The highest BCUT2D eigenvalue weighted by Gasteiger charge is 2.06. The van der Waals surface area contributed by atoms with Crippen molar-refractivity contribution < 1.29 is 0 Å². The number of rotatable bonds is 7. The second kappa shape index (κ2) is 6.68. The van der Waals surface area contributed by atoms with E-state index in [2.05, 4.69) is 48.3 Å². The predicted molar refractivity (Wildman–Crippen MR) is 79.2 cm³/mol. The van der Waals surface area contributed by atoms with Crippen molar-refractivity contribution in [1.82, 2.24) is 19.8 Å². The maximum absolute atomic E-state index is 4.37. The van der Waals surface area contributed by atoms with Gasteiger partial charge in [-0.25, -0.2) is 4.52 Å². The van der Waals surface area contributed by atoms with Crippen LogP contribution >= 0.6 is 0 Å². The molecule has 0 bridgehead atoms. The molecule has 0 aliphatic rings. The molecule has 0 saturated heterocycles. The molecule has 4 heteroatoms. The van der Waals surface area contributed by atoms with E-state index in [4.69, 9.17) is 0 Å². The fourth-order valence-electron chi connectivity index (χ4n) is 2.14. The summed E-state index contributed by atoms with van der Waals surface area (Å²) in [5.74, 6) is 0.713. The molecular weight excluding hydrogens is 236 g/mol. The minimum absolute atomic E-state index is 0.713. The van der Waals surface area contributed by atoms with Crippen LogP contribution in [0.3, 0.4) is 0 Å². The molecule has 1 N–H and O–H groups in total. The van der Waals surface area contributed by atoms with E-state index in [1.807, 2.05) is 23.0 Å². The summed E-state index contributed by atoms with van der Waals surface area (Å²) in [6, 6.07) is 6.18. The van der Waals surface area contributed by atoms with Gasteiger partial charge in [-0.15, -0.1) is 0 Å². The van der Waals surface area contributed by atoms with Crippen molar-refractivity contribution in [3.8, 4) is 0 Å². The SMILES string of the molecule is CC(C)CNCCN(C)Cc1cnn2ccccc12. The van der Waals surface area contributed by atoms with Crippen molar-refractivity contribution in [2.24, 2.45) is 5.92 Å². The Bertz CT molecular complexity index is 504. The molecule has 0 spiro atoms. The molecule has 2 rings (SSSR count). The van der Waals surface area contributed by atoms with Gasteiger partial charge >= 0.3 is 0 Å². The van der Waals surface area contributed by atoms with Gasteiger partial charge in [0.1, 0.15) is 0 Å². The van der Waals surface area contributed by atoms with Crippen molar-refractivity contribution in [1.29, 1.82) is 0 Å². The van der Waals surface area contributed by atoms with Crippen LogP contribution < -0.4 is 5.32 Å². The Balaban J connectivity index is 1.83. The molecule has 2 heterocycles. The zero-order chi connectivity index (χ0) is 13.7. The van der Waals surface area contributed by atoms with E-state index in [-0.39, 0.29) is 0 Å². The fraction of sp³-hybridized carbons (Fsp3) is 0.533. The number of nitrogens with zero attached hydrogens (tertiary/aromatic N) is 3. The molecule has 0 radical (unpaired) electrons. The van der Waals surface area contributed by atoms with E-state index in [1.54, 1.807) is 0 Å². The van der Waals surface area contributed by atoms with Gasteiger partial charge in [0.2, 0.25) is 0 Å². The van der Waals surface area contributed by atoms with Crippen LogP contribution in [-0.4, -0.2) is 41.2 Å². The molecule has 0 aliphatic heterocycles. The molecule has 0 saturated carbocycles. The highest BCUT2D eigenvalue weighted by atomic mass is 15.2. The van der Waals surface area contributed by atoms with Gasteiger partial charge in [0.25, 0.3) is 0 Å². The topological polar surface area (TPSA) is 32.6 Å². The minimum atomic E-state index is 0.713.